The highest BCUT2D eigenvalue weighted by Crippen LogP contribution is 2.31. The molecule has 1 amide bonds. The zero-order valence-electron chi connectivity index (χ0n) is 11.4. The van der Waals surface area contributed by atoms with E-state index in [1.54, 1.807) is 12.1 Å². The molecule has 1 aliphatic rings. The topological polar surface area (TPSA) is 69.2 Å². The number of allylic oxidation sites excluding steroid dienone is 2. The van der Waals surface area contributed by atoms with Crippen LogP contribution in [0.15, 0.2) is 29.8 Å². The minimum Gasteiger partial charge on any atom is -0.550 e. The van der Waals surface area contributed by atoms with Crippen LogP contribution in [0.4, 0.5) is 5.69 Å². The van der Waals surface area contributed by atoms with Crippen molar-refractivity contribution in [1.29, 1.82) is 0 Å². The molecule has 0 radical (unpaired) electrons. The first-order chi connectivity index (χ1) is 9.88. The molecule has 1 aromatic carbocycles. The molecule has 0 aromatic heterocycles. The number of benzene rings is 1. The quantitative estimate of drug-likeness (QED) is 0.868. The molecular formula is C15H14Cl2NO3-. The Bertz CT molecular complexity index is 613. The second kappa shape index (κ2) is 6.50. The normalized spacial score (nSPS) is 21.6. The minimum absolute atomic E-state index is 0.313. The van der Waals surface area contributed by atoms with E-state index in [1.807, 2.05) is 13.0 Å². The van der Waals surface area contributed by atoms with Crippen molar-refractivity contribution in [2.24, 2.45) is 11.8 Å². The molecule has 0 heterocycles. The van der Waals surface area contributed by atoms with E-state index in [1.165, 1.54) is 6.07 Å². The van der Waals surface area contributed by atoms with Crippen LogP contribution >= 0.6 is 23.2 Å². The van der Waals surface area contributed by atoms with Gasteiger partial charge in [0.1, 0.15) is 0 Å². The van der Waals surface area contributed by atoms with Crippen LogP contribution in [-0.4, -0.2) is 11.9 Å². The van der Waals surface area contributed by atoms with Crippen LogP contribution in [0.1, 0.15) is 19.8 Å². The lowest BCUT2D eigenvalue weighted by molar-refractivity contribution is -0.313. The summed E-state index contributed by atoms with van der Waals surface area (Å²) >= 11 is 11.7. The Kier molecular flexibility index (Phi) is 4.91. The zero-order valence-corrected chi connectivity index (χ0v) is 12.9. The summed E-state index contributed by atoms with van der Waals surface area (Å²) in [5.74, 6) is -3.01. The van der Waals surface area contributed by atoms with Gasteiger partial charge in [-0.25, -0.2) is 0 Å². The van der Waals surface area contributed by atoms with Crippen molar-refractivity contribution in [3.05, 3.63) is 39.9 Å². The fourth-order valence-corrected chi connectivity index (χ4v) is 2.71. The number of hydrogen-bond acceptors (Lipinski definition) is 3. The molecule has 1 N–H and O–H groups in total. The van der Waals surface area contributed by atoms with Crippen molar-refractivity contribution in [3.8, 4) is 0 Å². The second-order valence-electron chi connectivity index (χ2n) is 5.14. The maximum Gasteiger partial charge on any atom is 0.228 e. The summed E-state index contributed by atoms with van der Waals surface area (Å²) in [6.07, 6.45) is 2.56. The average Bonchev–Trinajstić information content (AvgIpc) is 2.42. The van der Waals surface area contributed by atoms with Crippen molar-refractivity contribution in [2.45, 2.75) is 19.8 Å². The van der Waals surface area contributed by atoms with Crippen LogP contribution < -0.4 is 10.4 Å². The van der Waals surface area contributed by atoms with Gasteiger partial charge in [-0.1, -0.05) is 34.9 Å². The summed E-state index contributed by atoms with van der Waals surface area (Å²) in [7, 11) is 0. The molecule has 0 aliphatic heterocycles. The number of halogens is 2. The van der Waals surface area contributed by atoms with Crippen LogP contribution in [0.5, 0.6) is 0 Å². The van der Waals surface area contributed by atoms with Gasteiger partial charge in [0.05, 0.1) is 16.0 Å². The van der Waals surface area contributed by atoms with E-state index in [4.69, 9.17) is 23.2 Å². The number of nitrogens with one attached hydrogen (secondary N) is 1. The molecule has 0 saturated carbocycles. The number of anilines is 1. The van der Waals surface area contributed by atoms with Gasteiger partial charge in [0.15, 0.2) is 0 Å². The first kappa shape index (κ1) is 15.9. The van der Waals surface area contributed by atoms with E-state index in [9.17, 15) is 14.7 Å². The first-order valence-electron chi connectivity index (χ1n) is 6.51. The Morgan fingerprint density at radius 2 is 1.95 bits per heavy atom. The van der Waals surface area contributed by atoms with Crippen LogP contribution in [0.25, 0.3) is 0 Å². The molecular weight excluding hydrogens is 313 g/mol. The highest BCUT2D eigenvalue weighted by molar-refractivity contribution is 6.42. The van der Waals surface area contributed by atoms with E-state index < -0.39 is 17.8 Å². The van der Waals surface area contributed by atoms with Crippen LogP contribution in [0.2, 0.25) is 10.0 Å². The van der Waals surface area contributed by atoms with E-state index in [2.05, 4.69) is 5.32 Å². The van der Waals surface area contributed by atoms with Gasteiger partial charge in [-0.15, -0.1) is 0 Å². The molecule has 0 spiro atoms. The SMILES string of the molecule is CC1=CC[C@@H](C(=O)[O-])[C@H](C(=O)Nc2ccc(Cl)c(Cl)c2)C1. The van der Waals surface area contributed by atoms with Crippen LogP contribution in [-0.2, 0) is 9.59 Å². The second-order valence-corrected chi connectivity index (χ2v) is 5.95. The Labute approximate surface area is 132 Å². The Morgan fingerprint density at radius 3 is 2.57 bits per heavy atom. The van der Waals surface area contributed by atoms with Crippen molar-refractivity contribution in [1.82, 2.24) is 0 Å². The van der Waals surface area contributed by atoms with Gasteiger partial charge in [0, 0.05) is 17.6 Å². The largest absolute Gasteiger partial charge is 0.550 e. The fourth-order valence-electron chi connectivity index (χ4n) is 2.41. The monoisotopic (exact) mass is 326 g/mol. The number of rotatable bonds is 3. The third kappa shape index (κ3) is 3.77. The molecule has 21 heavy (non-hydrogen) atoms. The molecule has 0 fully saturated rings. The first-order valence-corrected chi connectivity index (χ1v) is 7.26. The lowest BCUT2D eigenvalue weighted by atomic mass is 9.79. The van der Waals surface area contributed by atoms with Crippen LogP contribution in [0.3, 0.4) is 0 Å². The Hall–Kier alpha value is -1.52. The van der Waals surface area contributed by atoms with Crippen molar-refractivity contribution in [3.63, 3.8) is 0 Å². The number of carboxylic acid groups (broad SMARTS) is 1. The zero-order chi connectivity index (χ0) is 15.6. The highest BCUT2D eigenvalue weighted by Gasteiger charge is 2.31. The average molecular weight is 327 g/mol. The van der Waals surface area contributed by atoms with E-state index in [0.717, 1.165) is 5.57 Å². The molecule has 1 aromatic rings. The van der Waals surface area contributed by atoms with Crippen molar-refractivity contribution >= 4 is 40.8 Å². The minimum atomic E-state index is -1.20. The number of aliphatic carboxylic acids is 1. The molecule has 112 valence electrons. The standard InChI is InChI=1S/C15H15Cl2NO3/c1-8-2-4-10(15(20)21)11(6-8)14(19)18-9-3-5-12(16)13(17)7-9/h2-3,5,7,10-11H,4,6H2,1H3,(H,18,19)(H,20,21)/p-1/t10-,11-/m1/s1. The summed E-state index contributed by atoms with van der Waals surface area (Å²) in [4.78, 5) is 23.5. The van der Waals surface area contributed by atoms with E-state index in [0.29, 0.717) is 28.6 Å². The summed E-state index contributed by atoms with van der Waals surface area (Å²) in [6, 6.07) is 4.72. The molecule has 2 atom stereocenters. The Morgan fingerprint density at radius 1 is 1.24 bits per heavy atom. The van der Waals surface area contributed by atoms with Crippen LogP contribution in [0, 0.1) is 11.8 Å². The van der Waals surface area contributed by atoms with Crippen molar-refractivity contribution < 1.29 is 14.7 Å². The van der Waals surface area contributed by atoms with E-state index in [-0.39, 0.29) is 5.91 Å². The number of carboxylic acids is 1. The molecule has 2 rings (SSSR count). The number of carbonyl (C=O) groups excluding carboxylic acids is 2. The summed E-state index contributed by atoms with van der Waals surface area (Å²) in [6.45, 7) is 1.88. The fraction of sp³-hybridized carbons (Fsp3) is 0.333. The molecule has 6 heteroatoms. The van der Waals surface area contributed by atoms with Gasteiger partial charge in [0.2, 0.25) is 5.91 Å². The number of amides is 1. The smallest absolute Gasteiger partial charge is 0.228 e. The molecule has 0 bridgehead atoms. The molecule has 0 saturated heterocycles. The van der Waals surface area contributed by atoms with Gasteiger partial charge in [0.25, 0.3) is 0 Å². The number of hydrogen-bond donors (Lipinski definition) is 1. The maximum atomic E-state index is 12.3. The van der Waals surface area contributed by atoms with Gasteiger partial charge in [-0.3, -0.25) is 4.79 Å². The third-order valence-electron chi connectivity index (χ3n) is 3.57. The predicted molar refractivity (Wildman–Crippen MR) is 80.1 cm³/mol. The summed E-state index contributed by atoms with van der Waals surface area (Å²) < 4.78 is 0. The maximum absolute atomic E-state index is 12.3. The lowest BCUT2D eigenvalue weighted by Crippen LogP contribution is -2.42. The Balaban J connectivity index is 2.16. The van der Waals surface area contributed by atoms with Gasteiger partial charge < -0.3 is 15.2 Å². The summed E-state index contributed by atoms with van der Waals surface area (Å²) in [5, 5.41) is 14.6. The van der Waals surface area contributed by atoms with Gasteiger partial charge in [-0.2, -0.15) is 0 Å². The highest BCUT2D eigenvalue weighted by atomic mass is 35.5. The van der Waals surface area contributed by atoms with E-state index >= 15 is 0 Å². The third-order valence-corrected chi connectivity index (χ3v) is 4.31. The number of carbonyl (C=O) groups is 2. The molecule has 4 nitrogen and oxygen atoms in total. The molecule has 1 aliphatic carbocycles. The van der Waals surface area contributed by atoms with Gasteiger partial charge in [-0.05, 0) is 38.0 Å². The predicted octanol–water partition coefficient (Wildman–Crippen LogP) is 2.65. The van der Waals surface area contributed by atoms with Crippen molar-refractivity contribution in [2.75, 3.05) is 5.32 Å². The lowest BCUT2D eigenvalue weighted by Gasteiger charge is -2.30. The van der Waals surface area contributed by atoms with Gasteiger partial charge >= 0.3 is 0 Å². The summed E-state index contributed by atoms with van der Waals surface area (Å²) in [5.41, 5.74) is 1.49. The molecule has 0 unspecified atom stereocenters.